The van der Waals surface area contributed by atoms with Gasteiger partial charge in [-0.1, -0.05) is 6.58 Å². The molecule has 0 aliphatic carbocycles. The van der Waals surface area contributed by atoms with Crippen molar-refractivity contribution < 1.29 is 14.3 Å². The molecule has 1 saturated heterocycles. The van der Waals surface area contributed by atoms with Crippen molar-refractivity contribution in [3.8, 4) is 0 Å². The lowest BCUT2D eigenvalue weighted by Crippen LogP contribution is -2.31. The van der Waals surface area contributed by atoms with Crippen LogP contribution in [-0.2, 0) is 14.3 Å². The zero-order valence-electron chi connectivity index (χ0n) is 3.43. The van der Waals surface area contributed by atoms with E-state index in [1.54, 1.807) is 0 Å². The average molecular weight is 98.1 g/mol. The third-order valence-corrected chi connectivity index (χ3v) is 0.655. The van der Waals surface area contributed by atoms with Crippen LogP contribution in [0.5, 0.6) is 0 Å². The number of esters is 1. The molecule has 0 atom stereocenters. The summed E-state index contributed by atoms with van der Waals surface area (Å²) in [5.74, 6) is -1.46. The van der Waals surface area contributed by atoms with Crippen LogP contribution in [0.25, 0.3) is 0 Å². The SMILES string of the molecule is C=C1OC(=O)C1=O. The second kappa shape index (κ2) is 0.932. The average Bonchev–Trinajstić information content (AvgIpc) is 1.68. The van der Waals surface area contributed by atoms with E-state index in [2.05, 4.69) is 11.3 Å². The molecule has 0 saturated carbocycles. The summed E-state index contributed by atoms with van der Waals surface area (Å²) >= 11 is 0. The zero-order valence-corrected chi connectivity index (χ0v) is 3.43. The molecule has 0 amide bonds. The van der Waals surface area contributed by atoms with Gasteiger partial charge in [-0.15, -0.1) is 0 Å². The first kappa shape index (κ1) is 4.05. The molecule has 7 heavy (non-hydrogen) atoms. The Morgan fingerprint density at radius 2 is 2.00 bits per heavy atom. The van der Waals surface area contributed by atoms with Gasteiger partial charge in [0, 0.05) is 0 Å². The number of Topliss-reactive ketones (excluding diaryl/α,β-unsaturated/α-hetero) is 1. The maximum Gasteiger partial charge on any atom is 0.388 e. The molecule has 1 fully saturated rings. The molecule has 0 aromatic rings. The van der Waals surface area contributed by atoms with Gasteiger partial charge in [-0.2, -0.15) is 0 Å². The Bertz CT molecular complexity index is 140. The minimum atomic E-state index is -0.801. The quantitative estimate of drug-likeness (QED) is 0.236. The summed E-state index contributed by atoms with van der Waals surface area (Å²) in [6.07, 6.45) is 0. The number of rotatable bonds is 0. The molecule has 1 rings (SSSR count). The summed E-state index contributed by atoms with van der Waals surface area (Å²) in [5, 5.41) is 0. The highest BCUT2D eigenvalue weighted by molar-refractivity contribution is 6.46. The lowest BCUT2D eigenvalue weighted by Gasteiger charge is -2.10. The van der Waals surface area contributed by atoms with Crippen molar-refractivity contribution in [1.82, 2.24) is 0 Å². The smallest absolute Gasteiger partial charge is 0.388 e. The van der Waals surface area contributed by atoms with Gasteiger partial charge in [0.05, 0.1) is 0 Å². The Labute approximate surface area is 39.6 Å². The van der Waals surface area contributed by atoms with E-state index in [0.717, 1.165) is 0 Å². The van der Waals surface area contributed by atoms with Gasteiger partial charge in [-0.3, -0.25) is 4.79 Å². The number of ketones is 1. The lowest BCUT2D eigenvalue weighted by molar-refractivity contribution is -0.160. The highest BCUT2D eigenvalue weighted by atomic mass is 16.6. The number of carbonyl (C=O) groups excluding carboxylic acids is 2. The third-order valence-electron chi connectivity index (χ3n) is 0.655. The molecule has 0 N–H and O–H groups in total. The van der Waals surface area contributed by atoms with E-state index >= 15 is 0 Å². The molecule has 0 unspecified atom stereocenters. The van der Waals surface area contributed by atoms with Crippen molar-refractivity contribution in [2.75, 3.05) is 0 Å². The Kier molecular flexibility index (Phi) is 0.539. The molecule has 36 valence electrons. The van der Waals surface area contributed by atoms with Crippen LogP contribution in [-0.4, -0.2) is 11.8 Å². The highest BCUT2D eigenvalue weighted by Gasteiger charge is 2.32. The van der Waals surface area contributed by atoms with E-state index < -0.39 is 11.8 Å². The molecular formula is C4H2O3. The van der Waals surface area contributed by atoms with Gasteiger partial charge in [0.15, 0.2) is 5.76 Å². The predicted octanol–water partition coefficient (Wildman–Crippen LogP) is -0.374. The van der Waals surface area contributed by atoms with E-state index in [4.69, 9.17) is 0 Å². The van der Waals surface area contributed by atoms with Crippen LogP contribution in [0.2, 0.25) is 0 Å². The Balaban J connectivity index is 2.78. The maximum absolute atomic E-state index is 9.99. The first-order valence-electron chi connectivity index (χ1n) is 1.67. The molecular weight excluding hydrogens is 96.0 g/mol. The molecule has 0 aromatic carbocycles. The first-order chi connectivity index (χ1) is 3.22. The van der Waals surface area contributed by atoms with E-state index in [-0.39, 0.29) is 5.76 Å². The summed E-state index contributed by atoms with van der Waals surface area (Å²) in [6, 6.07) is 0. The fourth-order valence-corrected chi connectivity index (χ4v) is 0.272. The fourth-order valence-electron chi connectivity index (χ4n) is 0.272. The number of hydrogen-bond acceptors (Lipinski definition) is 3. The van der Waals surface area contributed by atoms with Gasteiger partial charge >= 0.3 is 11.8 Å². The second-order valence-electron chi connectivity index (χ2n) is 1.14. The normalized spacial score (nSPS) is 18.6. The number of cyclic esters (lactones) is 1. The van der Waals surface area contributed by atoms with E-state index in [9.17, 15) is 9.59 Å². The predicted molar refractivity (Wildman–Crippen MR) is 20.2 cm³/mol. The van der Waals surface area contributed by atoms with Gasteiger partial charge in [0.25, 0.3) is 0 Å². The summed E-state index contributed by atoms with van der Waals surface area (Å²) in [4.78, 5) is 19.8. The van der Waals surface area contributed by atoms with Crippen LogP contribution >= 0.6 is 0 Å². The molecule has 0 radical (unpaired) electrons. The fraction of sp³-hybridized carbons (Fsp3) is 0. The van der Waals surface area contributed by atoms with Crippen molar-refractivity contribution in [3.63, 3.8) is 0 Å². The number of ether oxygens (including phenoxy) is 1. The summed E-state index contributed by atoms with van der Waals surface area (Å²) in [5.41, 5.74) is 0. The Hall–Kier alpha value is -1.12. The van der Waals surface area contributed by atoms with Gasteiger partial charge in [-0.25, -0.2) is 4.79 Å². The monoisotopic (exact) mass is 98.0 g/mol. The van der Waals surface area contributed by atoms with E-state index in [0.29, 0.717) is 0 Å². The van der Waals surface area contributed by atoms with Gasteiger partial charge in [0.1, 0.15) is 0 Å². The van der Waals surface area contributed by atoms with Crippen molar-refractivity contribution in [2.45, 2.75) is 0 Å². The van der Waals surface area contributed by atoms with Crippen LogP contribution < -0.4 is 0 Å². The minimum Gasteiger partial charge on any atom is -0.417 e. The second-order valence-corrected chi connectivity index (χ2v) is 1.14. The largest absolute Gasteiger partial charge is 0.417 e. The van der Waals surface area contributed by atoms with Crippen molar-refractivity contribution in [3.05, 3.63) is 12.3 Å². The lowest BCUT2D eigenvalue weighted by atomic mass is 10.3. The van der Waals surface area contributed by atoms with Crippen molar-refractivity contribution >= 4 is 11.8 Å². The molecule has 0 spiro atoms. The maximum atomic E-state index is 9.99. The number of carbonyl (C=O) groups is 2. The van der Waals surface area contributed by atoms with Gasteiger partial charge < -0.3 is 4.74 Å². The zero-order chi connectivity index (χ0) is 5.44. The Morgan fingerprint density at radius 1 is 1.43 bits per heavy atom. The van der Waals surface area contributed by atoms with Crippen LogP contribution in [0.4, 0.5) is 0 Å². The van der Waals surface area contributed by atoms with Crippen LogP contribution in [0.1, 0.15) is 0 Å². The highest BCUT2D eigenvalue weighted by Crippen LogP contribution is 2.08. The third kappa shape index (κ3) is 0.342. The molecule has 3 nitrogen and oxygen atoms in total. The van der Waals surface area contributed by atoms with E-state index in [1.165, 1.54) is 0 Å². The molecule has 0 bridgehead atoms. The topological polar surface area (TPSA) is 43.4 Å². The minimum absolute atomic E-state index is 0.0509. The summed E-state index contributed by atoms with van der Waals surface area (Å²) in [7, 11) is 0. The summed E-state index contributed by atoms with van der Waals surface area (Å²) < 4.78 is 4.07. The molecule has 3 heteroatoms. The summed E-state index contributed by atoms with van der Waals surface area (Å²) in [6.45, 7) is 3.10. The Morgan fingerprint density at radius 3 is 2.00 bits per heavy atom. The van der Waals surface area contributed by atoms with Crippen LogP contribution in [0.15, 0.2) is 12.3 Å². The molecule has 0 aromatic heterocycles. The molecule has 1 heterocycles. The van der Waals surface area contributed by atoms with E-state index in [1.807, 2.05) is 0 Å². The van der Waals surface area contributed by atoms with Crippen LogP contribution in [0.3, 0.4) is 0 Å². The van der Waals surface area contributed by atoms with Crippen LogP contribution in [0, 0.1) is 0 Å². The van der Waals surface area contributed by atoms with Gasteiger partial charge in [0.2, 0.25) is 0 Å². The van der Waals surface area contributed by atoms with Crippen molar-refractivity contribution in [2.24, 2.45) is 0 Å². The standard InChI is InChI=1S/C4H2O3/c1-2-3(5)4(6)7-2/h1H2. The van der Waals surface area contributed by atoms with Crippen molar-refractivity contribution in [1.29, 1.82) is 0 Å². The molecule has 1 aliphatic heterocycles. The number of hydrogen-bond donors (Lipinski definition) is 0. The first-order valence-corrected chi connectivity index (χ1v) is 1.67. The molecule has 1 aliphatic rings. The van der Waals surface area contributed by atoms with Gasteiger partial charge in [-0.05, 0) is 0 Å².